The van der Waals surface area contributed by atoms with Crippen molar-refractivity contribution in [2.24, 2.45) is 4.99 Å². The molecule has 2 N–H and O–H groups in total. The first kappa shape index (κ1) is 23.7. The Labute approximate surface area is 209 Å². The maximum Gasteiger partial charge on any atom is 0.231 e. The quantitative estimate of drug-likeness (QED) is 0.305. The summed E-state index contributed by atoms with van der Waals surface area (Å²) < 4.78 is 30.3. The maximum absolute atomic E-state index is 13.9. The molecule has 5 rings (SSSR count). The minimum absolute atomic E-state index is 0.0390. The molecule has 0 spiro atoms. The Morgan fingerprint density at radius 1 is 1.03 bits per heavy atom. The van der Waals surface area contributed by atoms with Gasteiger partial charge in [-0.2, -0.15) is 0 Å². The molecule has 3 aromatic rings. The fourth-order valence-electron chi connectivity index (χ4n) is 4.36. The number of nitrogens with zero attached hydrogens (tertiary/aromatic N) is 3. The largest absolute Gasteiger partial charge is 0.506 e. The van der Waals surface area contributed by atoms with Crippen LogP contribution < -0.4 is 19.5 Å². The van der Waals surface area contributed by atoms with Gasteiger partial charge in [-0.1, -0.05) is 24.3 Å². The molecule has 3 aromatic carbocycles. The van der Waals surface area contributed by atoms with Crippen LogP contribution in [0.25, 0.3) is 0 Å². The fraction of sp³-hybridized carbons (Fsp3) is 0.296. The summed E-state index contributed by atoms with van der Waals surface area (Å²) in [6.07, 6.45) is 0. The van der Waals surface area contributed by atoms with Gasteiger partial charge in [0, 0.05) is 44.4 Å². The van der Waals surface area contributed by atoms with Gasteiger partial charge in [0.05, 0.1) is 19.3 Å². The number of aliphatic imine (C=N–C) groups is 1. The zero-order chi connectivity index (χ0) is 24.9. The second kappa shape index (κ2) is 10.7. The van der Waals surface area contributed by atoms with E-state index < -0.39 is 5.82 Å². The minimum atomic E-state index is -0.437. The highest BCUT2D eigenvalue weighted by Gasteiger charge is 2.22. The lowest BCUT2D eigenvalue weighted by atomic mass is 10.1. The van der Waals surface area contributed by atoms with Crippen molar-refractivity contribution in [1.82, 2.24) is 9.80 Å². The highest BCUT2D eigenvalue weighted by atomic mass is 19.1. The van der Waals surface area contributed by atoms with Crippen LogP contribution in [0.4, 0.5) is 10.1 Å². The van der Waals surface area contributed by atoms with Crippen LogP contribution in [0.1, 0.15) is 11.1 Å². The molecule has 36 heavy (non-hydrogen) atoms. The van der Waals surface area contributed by atoms with E-state index in [1.807, 2.05) is 36.4 Å². The number of para-hydroxylation sites is 1. The number of piperazine rings is 1. The van der Waals surface area contributed by atoms with E-state index in [0.717, 1.165) is 55.5 Å². The van der Waals surface area contributed by atoms with Gasteiger partial charge in [-0.3, -0.25) is 4.90 Å². The molecule has 188 valence electrons. The molecule has 1 fully saturated rings. The van der Waals surface area contributed by atoms with E-state index in [9.17, 15) is 9.50 Å². The predicted molar refractivity (Wildman–Crippen MR) is 135 cm³/mol. The molecular weight excluding hydrogens is 463 g/mol. The van der Waals surface area contributed by atoms with Crippen LogP contribution >= 0.6 is 0 Å². The van der Waals surface area contributed by atoms with Crippen molar-refractivity contribution in [2.45, 2.75) is 13.1 Å². The maximum atomic E-state index is 13.9. The Balaban J connectivity index is 1.30. The third-order valence-electron chi connectivity index (χ3n) is 6.31. The topological polar surface area (TPSA) is 78.8 Å². The number of methoxy groups -OCH3 is 1. The normalized spacial score (nSPS) is 15.7. The summed E-state index contributed by atoms with van der Waals surface area (Å²) in [5.74, 6) is 2.42. The van der Waals surface area contributed by atoms with Gasteiger partial charge in [0.15, 0.2) is 17.5 Å². The molecule has 0 unspecified atom stereocenters. The third-order valence-corrected chi connectivity index (χ3v) is 6.31. The van der Waals surface area contributed by atoms with Gasteiger partial charge in [0.1, 0.15) is 17.3 Å². The van der Waals surface area contributed by atoms with Crippen LogP contribution in [0.3, 0.4) is 0 Å². The van der Waals surface area contributed by atoms with E-state index in [1.54, 1.807) is 7.11 Å². The molecule has 0 atom stereocenters. The van der Waals surface area contributed by atoms with Gasteiger partial charge in [-0.25, -0.2) is 9.38 Å². The molecular formula is C27H29FN4O4. The van der Waals surface area contributed by atoms with Crippen LogP contribution in [0.5, 0.6) is 23.0 Å². The number of nitrogens with one attached hydrogen (secondary N) is 1. The van der Waals surface area contributed by atoms with Gasteiger partial charge >= 0.3 is 0 Å². The third kappa shape index (κ3) is 5.46. The number of phenolic OH excluding ortho intramolecular Hbond substituents is 1. The van der Waals surface area contributed by atoms with E-state index in [2.05, 4.69) is 21.2 Å². The van der Waals surface area contributed by atoms with Crippen LogP contribution in [-0.2, 0) is 13.1 Å². The van der Waals surface area contributed by atoms with Gasteiger partial charge in [0.2, 0.25) is 6.79 Å². The Hall–Kier alpha value is -3.98. The van der Waals surface area contributed by atoms with Crippen molar-refractivity contribution < 1.29 is 23.7 Å². The number of anilines is 1. The van der Waals surface area contributed by atoms with Gasteiger partial charge < -0.3 is 29.5 Å². The number of benzene rings is 3. The van der Waals surface area contributed by atoms with Crippen LogP contribution in [0.15, 0.2) is 65.7 Å². The summed E-state index contributed by atoms with van der Waals surface area (Å²) in [7, 11) is 1.63. The number of hydrogen-bond donors (Lipinski definition) is 2. The molecule has 0 bridgehead atoms. The van der Waals surface area contributed by atoms with Crippen molar-refractivity contribution in [1.29, 1.82) is 0 Å². The molecule has 2 aliphatic rings. The van der Waals surface area contributed by atoms with Crippen molar-refractivity contribution in [3.05, 3.63) is 77.6 Å². The standard InChI is InChI=1S/C27H29FN4O4/c1-34-24-5-3-2-4-20(24)16-29-27(30-22-15-21(28)7-8-23(22)33)32-12-10-31(11-13-32)17-19-6-9-25-26(14-19)36-18-35-25/h2-9,14-15,33H,10-13,16-18H2,1H3,(H,29,30). The lowest BCUT2D eigenvalue weighted by molar-refractivity contribution is 0.172. The molecule has 2 aliphatic heterocycles. The Bertz CT molecular complexity index is 1240. The van der Waals surface area contributed by atoms with Crippen molar-refractivity contribution in [3.63, 3.8) is 0 Å². The molecule has 0 saturated carbocycles. The van der Waals surface area contributed by atoms with Crippen molar-refractivity contribution >= 4 is 11.6 Å². The van der Waals surface area contributed by atoms with Crippen molar-refractivity contribution in [2.75, 3.05) is 45.4 Å². The van der Waals surface area contributed by atoms with E-state index >= 15 is 0 Å². The average molecular weight is 493 g/mol. The van der Waals surface area contributed by atoms with E-state index in [1.165, 1.54) is 23.8 Å². The molecule has 2 heterocycles. The highest BCUT2D eigenvalue weighted by molar-refractivity contribution is 5.95. The number of fused-ring (bicyclic) bond motifs is 1. The molecule has 1 saturated heterocycles. The fourth-order valence-corrected chi connectivity index (χ4v) is 4.36. The number of rotatable bonds is 6. The molecule has 9 heteroatoms. The van der Waals surface area contributed by atoms with E-state index in [0.29, 0.717) is 12.5 Å². The van der Waals surface area contributed by atoms with E-state index in [4.69, 9.17) is 19.2 Å². The SMILES string of the molecule is COc1ccccc1CN=C(Nc1cc(F)ccc1O)N1CCN(Cc2ccc3c(c2)OCO3)CC1. The summed E-state index contributed by atoms with van der Waals surface area (Å²) in [5, 5.41) is 13.4. The number of hydrogen-bond acceptors (Lipinski definition) is 6. The second-order valence-corrected chi connectivity index (χ2v) is 8.69. The predicted octanol–water partition coefficient (Wildman–Crippen LogP) is 4.05. The van der Waals surface area contributed by atoms with Gasteiger partial charge in [0.25, 0.3) is 0 Å². The van der Waals surface area contributed by atoms with E-state index in [-0.39, 0.29) is 18.2 Å². The smallest absolute Gasteiger partial charge is 0.231 e. The summed E-state index contributed by atoms with van der Waals surface area (Å²) in [6, 6.07) is 17.6. The Morgan fingerprint density at radius 2 is 1.83 bits per heavy atom. The summed E-state index contributed by atoms with van der Waals surface area (Å²) in [5.41, 5.74) is 2.38. The van der Waals surface area contributed by atoms with Gasteiger partial charge in [-0.15, -0.1) is 0 Å². The average Bonchev–Trinajstić information content (AvgIpc) is 3.37. The zero-order valence-electron chi connectivity index (χ0n) is 20.1. The minimum Gasteiger partial charge on any atom is -0.506 e. The van der Waals surface area contributed by atoms with Crippen molar-refractivity contribution in [3.8, 4) is 23.0 Å². The lowest BCUT2D eigenvalue weighted by Crippen LogP contribution is -2.50. The summed E-state index contributed by atoms with van der Waals surface area (Å²) >= 11 is 0. The summed E-state index contributed by atoms with van der Waals surface area (Å²) in [4.78, 5) is 9.30. The number of phenols is 1. The second-order valence-electron chi connectivity index (χ2n) is 8.69. The van der Waals surface area contributed by atoms with Gasteiger partial charge in [-0.05, 0) is 35.9 Å². The monoisotopic (exact) mass is 492 g/mol. The number of ether oxygens (including phenoxy) is 3. The van der Waals surface area contributed by atoms with Crippen LogP contribution in [0, 0.1) is 5.82 Å². The molecule has 0 aliphatic carbocycles. The molecule has 0 aromatic heterocycles. The number of halogens is 1. The Morgan fingerprint density at radius 3 is 2.67 bits per heavy atom. The summed E-state index contributed by atoms with van der Waals surface area (Å²) in [6.45, 7) is 4.52. The van der Waals surface area contributed by atoms with Crippen LogP contribution in [-0.4, -0.2) is 60.9 Å². The molecule has 8 nitrogen and oxygen atoms in total. The molecule has 0 radical (unpaired) electrons. The lowest BCUT2D eigenvalue weighted by Gasteiger charge is -2.36. The first-order valence-electron chi connectivity index (χ1n) is 11.9. The number of aromatic hydroxyl groups is 1. The highest BCUT2D eigenvalue weighted by Crippen LogP contribution is 2.33. The zero-order valence-corrected chi connectivity index (χ0v) is 20.1. The first-order chi connectivity index (χ1) is 17.6. The number of guanidine groups is 1. The molecule has 0 amide bonds. The first-order valence-corrected chi connectivity index (χ1v) is 11.9. The Kier molecular flexibility index (Phi) is 7.08. The van der Waals surface area contributed by atoms with Crippen LogP contribution in [0.2, 0.25) is 0 Å².